The van der Waals surface area contributed by atoms with Gasteiger partial charge in [-0.05, 0) is 0 Å². The average Bonchev–Trinajstić information content (AvgIpc) is 3.10. The van der Waals surface area contributed by atoms with Gasteiger partial charge in [0.15, 0.2) is 0 Å². The normalized spacial score (nSPS) is 18.1. The molecule has 4 heteroatoms. The van der Waals surface area contributed by atoms with E-state index in [1.54, 1.807) is 0 Å². The van der Waals surface area contributed by atoms with Gasteiger partial charge in [-0.3, -0.25) is 0 Å². The Morgan fingerprint density at radius 3 is 1.02 bits per heavy atom. The average molecular weight is 789 g/mol. The van der Waals surface area contributed by atoms with Gasteiger partial charge in [0, 0.05) is 0 Å². The van der Waals surface area contributed by atoms with Gasteiger partial charge in [0.25, 0.3) is 0 Å². The predicted octanol–water partition coefficient (Wildman–Crippen LogP) is 18.7. The molecule has 2 aliphatic rings. The van der Waals surface area contributed by atoms with Gasteiger partial charge in [-0.25, -0.2) is 0 Å². The summed E-state index contributed by atoms with van der Waals surface area (Å²) in [5.74, 6) is 0. The van der Waals surface area contributed by atoms with Crippen LogP contribution in [0.15, 0.2) is 46.1 Å². The number of unbranched alkanes of at least 4 members (excludes halogenated alkanes) is 20. The molecule has 0 aromatic carbocycles. The molecule has 316 valence electrons. The molecular weight excluding hydrogens is 694 g/mol. The van der Waals surface area contributed by atoms with Crippen LogP contribution in [0.1, 0.15) is 236 Å². The van der Waals surface area contributed by atoms with Crippen molar-refractivity contribution in [3.8, 4) is 0 Å². The van der Waals surface area contributed by atoms with Gasteiger partial charge in [-0.15, -0.1) is 0 Å². The summed E-state index contributed by atoms with van der Waals surface area (Å²) in [5, 5.41) is 2.08. The molecule has 0 atom stereocenters. The maximum absolute atomic E-state index is 16.8. The number of hydrogen-bond acceptors (Lipinski definition) is 2. The molecule has 0 N–H and O–H groups in total. The molecule has 2 aliphatic carbocycles. The van der Waals surface area contributed by atoms with Gasteiger partial charge in [0.05, 0.1) is 0 Å². The number of allylic oxidation sites excluding steroid dienone is 8. The van der Waals surface area contributed by atoms with E-state index >= 15 is 4.57 Å². The van der Waals surface area contributed by atoms with Crippen LogP contribution in [-0.2, 0) is 8.88 Å². The van der Waals surface area contributed by atoms with Gasteiger partial charge in [-0.2, -0.15) is 0 Å². The van der Waals surface area contributed by atoms with E-state index in [1.807, 2.05) is 0 Å². The van der Waals surface area contributed by atoms with Crippen molar-refractivity contribution in [2.45, 2.75) is 236 Å². The summed E-state index contributed by atoms with van der Waals surface area (Å²) >= 11 is 0. The molecule has 2 rings (SSSR count). The van der Waals surface area contributed by atoms with E-state index in [1.165, 1.54) is 190 Å². The molecule has 0 fully saturated rings. The minimum absolute atomic E-state index is 0.0766. The molecule has 0 aliphatic heterocycles. The van der Waals surface area contributed by atoms with Gasteiger partial charge < -0.3 is 0 Å². The Labute approximate surface area is 339 Å². The van der Waals surface area contributed by atoms with Crippen LogP contribution in [0.25, 0.3) is 0 Å². The third kappa shape index (κ3) is 16.8. The Balaban J connectivity index is 2.63. The van der Waals surface area contributed by atoms with Crippen molar-refractivity contribution in [3.05, 3.63) is 46.1 Å². The summed E-state index contributed by atoms with van der Waals surface area (Å²) in [5.41, 5.74) is 2.73. The van der Waals surface area contributed by atoms with Crippen LogP contribution >= 0.6 is 14.2 Å². The first kappa shape index (κ1) is 49.7. The molecule has 0 spiro atoms. The SMILES string of the molecule is CCCCCCCCCCCCCCP(CCCCCC)(CCCCCC)(CCCCCC)OP(=O)(C1=C(C)CC(C)(C)C=C1)C1=C(C)CC(C)(C)C=C1. The standard InChI is InChI=1S/C50H94O2P2/c1-11-15-19-23-24-25-26-27-28-29-30-34-42-54(39-31-20-16-12-2,40-32-21-17-13-3,41-33-22-18-14-4)52-53(51,47-35-37-49(7,8)43-45(47)5)48-36-38-50(9,10)44-46(48)6/h35-38H,11-34,39-44H2,1-10H3. The molecule has 0 aromatic heterocycles. The van der Waals surface area contributed by atoms with Gasteiger partial charge >= 0.3 is 327 Å². The van der Waals surface area contributed by atoms with E-state index in [4.69, 9.17) is 4.31 Å². The van der Waals surface area contributed by atoms with Crippen LogP contribution in [0.5, 0.6) is 0 Å². The minimum atomic E-state index is -3.39. The Morgan fingerprint density at radius 1 is 0.481 bits per heavy atom. The summed E-state index contributed by atoms with van der Waals surface area (Å²) in [4.78, 5) is 0. The summed E-state index contributed by atoms with van der Waals surface area (Å²) < 4.78 is 25.0. The maximum atomic E-state index is 16.8. The van der Waals surface area contributed by atoms with Gasteiger partial charge in [0.2, 0.25) is 0 Å². The van der Waals surface area contributed by atoms with Crippen molar-refractivity contribution in [2.24, 2.45) is 10.8 Å². The van der Waals surface area contributed by atoms with Gasteiger partial charge in [0.1, 0.15) is 0 Å². The van der Waals surface area contributed by atoms with Crippen LogP contribution < -0.4 is 0 Å². The summed E-state index contributed by atoms with van der Waals surface area (Å²) in [7, 11) is -3.39. The Kier molecular flexibility index (Phi) is 23.2. The monoisotopic (exact) mass is 789 g/mol. The zero-order valence-corrected chi connectivity index (χ0v) is 40.0. The Bertz CT molecular complexity index is 1140. The van der Waals surface area contributed by atoms with Crippen molar-refractivity contribution >= 4 is 14.2 Å². The van der Waals surface area contributed by atoms with Crippen LogP contribution in [0, 0.1) is 10.8 Å². The molecule has 0 unspecified atom stereocenters. The first-order chi connectivity index (χ1) is 25.7. The Morgan fingerprint density at radius 2 is 0.741 bits per heavy atom. The van der Waals surface area contributed by atoms with E-state index in [9.17, 15) is 0 Å². The molecule has 0 heterocycles. The molecule has 0 saturated heterocycles. The summed E-state index contributed by atoms with van der Waals surface area (Å²) in [6, 6.07) is 0. The van der Waals surface area contributed by atoms with E-state index in [-0.39, 0.29) is 10.8 Å². The van der Waals surface area contributed by atoms with Crippen molar-refractivity contribution in [2.75, 3.05) is 24.6 Å². The zero-order chi connectivity index (χ0) is 40.0. The second-order valence-corrected chi connectivity index (χ2v) is 28.0. The third-order valence-electron chi connectivity index (χ3n) is 13.0. The van der Waals surface area contributed by atoms with Crippen molar-refractivity contribution in [3.63, 3.8) is 0 Å². The predicted molar refractivity (Wildman–Crippen MR) is 249 cm³/mol. The second-order valence-electron chi connectivity index (χ2n) is 19.8. The molecule has 0 aromatic rings. The summed E-state index contributed by atoms with van der Waals surface area (Å²) in [6.45, 7) is 20.2. The van der Waals surface area contributed by atoms with Crippen molar-refractivity contribution in [1.82, 2.24) is 0 Å². The quantitative estimate of drug-likeness (QED) is 0.0501. The van der Waals surface area contributed by atoms with E-state index in [2.05, 4.69) is 93.5 Å². The zero-order valence-electron chi connectivity index (χ0n) is 38.2. The van der Waals surface area contributed by atoms with Crippen molar-refractivity contribution < 1.29 is 8.88 Å². The fourth-order valence-electron chi connectivity index (χ4n) is 9.80. The van der Waals surface area contributed by atoms with E-state index in [0.29, 0.717) is 0 Å². The van der Waals surface area contributed by atoms with E-state index in [0.717, 1.165) is 23.5 Å². The second kappa shape index (κ2) is 25.2. The van der Waals surface area contributed by atoms with Crippen LogP contribution in [-0.4, -0.2) is 24.6 Å². The van der Waals surface area contributed by atoms with Crippen LogP contribution in [0.3, 0.4) is 0 Å². The molecule has 0 saturated carbocycles. The van der Waals surface area contributed by atoms with Crippen LogP contribution in [0.4, 0.5) is 0 Å². The molecule has 2 nitrogen and oxygen atoms in total. The molecule has 0 bridgehead atoms. The molecule has 0 radical (unpaired) electrons. The molecule has 54 heavy (non-hydrogen) atoms. The first-order valence-corrected chi connectivity index (χ1v) is 28.3. The summed E-state index contributed by atoms with van der Waals surface area (Å²) in [6.07, 6.45) is 47.4. The topological polar surface area (TPSA) is 26.3 Å². The van der Waals surface area contributed by atoms with Gasteiger partial charge in [-0.1, -0.05) is 13.3 Å². The fourth-order valence-corrected chi connectivity index (χ4v) is 21.8. The van der Waals surface area contributed by atoms with Crippen LogP contribution in [0.2, 0.25) is 0 Å². The molecule has 0 amide bonds. The number of rotatable bonds is 32. The van der Waals surface area contributed by atoms with E-state index < -0.39 is 14.2 Å². The fraction of sp³-hybridized carbons (Fsp3) is 0.840. The number of hydrogen-bond donors (Lipinski definition) is 0. The third-order valence-corrected chi connectivity index (χ3v) is 23.9. The molecular formula is C50H94O2P2. The Hall–Kier alpha value is -0.420. The first-order valence-electron chi connectivity index (χ1n) is 23.8. The van der Waals surface area contributed by atoms with Crippen molar-refractivity contribution in [1.29, 1.82) is 0 Å².